The lowest BCUT2D eigenvalue weighted by Gasteiger charge is -2.56. The van der Waals surface area contributed by atoms with E-state index in [1.54, 1.807) is 17.2 Å². The lowest BCUT2D eigenvalue weighted by molar-refractivity contribution is -0.121. The fraction of sp³-hybridized carbons (Fsp3) is 0.537. The summed E-state index contributed by atoms with van der Waals surface area (Å²) in [5.74, 6) is 1.78. The molecule has 9 aliphatic rings. The number of nitrogens with one attached hydrogen (secondary N) is 2. The van der Waals surface area contributed by atoms with Crippen molar-refractivity contribution in [3.8, 4) is 18.4 Å². The van der Waals surface area contributed by atoms with Crippen LogP contribution < -0.4 is 20.3 Å². The van der Waals surface area contributed by atoms with Gasteiger partial charge in [0.2, 0.25) is 5.91 Å². The van der Waals surface area contributed by atoms with Crippen molar-refractivity contribution >= 4 is 34.2 Å². The molecule has 4 aliphatic carbocycles. The first kappa shape index (κ1) is 44.5. The third-order valence-electron chi connectivity index (χ3n) is 17.2. The Balaban J connectivity index is 0.676. The number of terminal acetylenes is 1. The molecule has 3 atom stereocenters. The molecule has 5 aliphatic heterocycles. The zero-order valence-corrected chi connectivity index (χ0v) is 39.2. The number of halogens is 2. The van der Waals surface area contributed by atoms with Gasteiger partial charge in [-0.1, -0.05) is 36.3 Å². The number of aromatic nitrogens is 3. The molecule has 12 rings (SSSR count). The van der Waals surface area contributed by atoms with Crippen LogP contribution in [0.2, 0.25) is 0 Å². The summed E-state index contributed by atoms with van der Waals surface area (Å²) >= 11 is 0. The highest BCUT2D eigenvalue weighted by molar-refractivity contribution is 5.96. The van der Waals surface area contributed by atoms with Gasteiger partial charge in [-0.25, -0.2) is 13.6 Å². The van der Waals surface area contributed by atoms with Crippen LogP contribution in [0.5, 0.6) is 6.01 Å². The van der Waals surface area contributed by atoms with Crippen LogP contribution in [0, 0.1) is 34.9 Å². The number of likely N-dealkylation sites (tertiary alicyclic amines) is 2. The molecule has 69 heavy (non-hydrogen) atoms. The van der Waals surface area contributed by atoms with E-state index in [1.807, 2.05) is 0 Å². The Hall–Kier alpha value is -5.69. The van der Waals surface area contributed by atoms with Crippen LogP contribution in [0.3, 0.4) is 0 Å². The minimum absolute atomic E-state index is 0.000167. The van der Waals surface area contributed by atoms with Gasteiger partial charge in [0.25, 0.3) is 0 Å². The summed E-state index contributed by atoms with van der Waals surface area (Å²) in [5.41, 5.74) is 3.67. The number of carbonyl (C=O) groups excluding carboxylic acids is 2. The number of hydrogen-bond acceptors (Lipinski definition) is 11. The number of nitrogens with zero attached hydrogens (tertiary/aromatic N) is 7. The molecule has 1 aromatic carbocycles. The van der Waals surface area contributed by atoms with Gasteiger partial charge >= 0.3 is 12.0 Å². The van der Waals surface area contributed by atoms with Crippen molar-refractivity contribution in [2.75, 3.05) is 63.9 Å². The van der Waals surface area contributed by atoms with Gasteiger partial charge in [-0.15, -0.1) is 6.42 Å². The predicted molar refractivity (Wildman–Crippen MR) is 258 cm³/mol. The Morgan fingerprint density at radius 3 is 2.41 bits per heavy atom. The van der Waals surface area contributed by atoms with Crippen LogP contribution in [0.1, 0.15) is 99.8 Å². The molecule has 3 unspecified atom stereocenters. The molecule has 2 saturated carbocycles. The Morgan fingerprint density at radius 1 is 0.942 bits per heavy atom. The van der Waals surface area contributed by atoms with Gasteiger partial charge in [-0.3, -0.25) is 15.1 Å². The van der Waals surface area contributed by atoms with Gasteiger partial charge in [-0.05, 0) is 131 Å². The van der Waals surface area contributed by atoms with Gasteiger partial charge in [0.05, 0.1) is 23.3 Å². The van der Waals surface area contributed by atoms with Gasteiger partial charge in [0.15, 0.2) is 5.82 Å². The number of rotatable bonds is 11. The number of aliphatic hydroxyl groups excluding tert-OH is 1. The zero-order chi connectivity index (χ0) is 47.0. The van der Waals surface area contributed by atoms with E-state index in [9.17, 15) is 14.7 Å². The monoisotopic (exact) mass is 937 g/mol. The van der Waals surface area contributed by atoms with E-state index < -0.39 is 17.6 Å². The summed E-state index contributed by atoms with van der Waals surface area (Å²) in [6, 6.07) is 9.88. The number of urea groups is 1. The summed E-state index contributed by atoms with van der Waals surface area (Å²) < 4.78 is 38.8. The lowest BCUT2D eigenvalue weighted by atomic mass is 9.59. The fourth-order valence-corrected chi connectivity index (χ4v) is 13.0. The normalized spacial score (nSPS) is 27.1. The summed E-state index contributed by atoms with van der Waals surface area (Å²) in [4.78, 5) is 47.4. The first-order valence-electron chi connectivity index (χ1n) is 25.3. The van der Waals surface area contributed by atoms with Crippen LogP contribution in [0.25, 0.3) is 16.5 Å². The summed E-state index contributed by atoms with van der Waals surface area (Å²) in [6.45, 7) is 8.31. The van der Waals surface area contributed by atoms with Crippen molar-refractivity contribution in [2.24, 2.45) is 16.7 Å². The maximum atomic E-state index is 17.2. The number of hydrogen-bond donors (Lipinski definition) is 3. The number of allylic oxidation sites excluding steroid dienone is 8. The Labute approximate surface area is 402 Å². The Morgan fingerprint density at radius 2 is 1.70 bits per heavy atom. The lowest BCUT2D eigenvalue weighted by Crippen LogP contribution is -2.56. The van der Waals surface area contributed by atoms with Gasteiger partial charge < -0.3 is 34.8 Å². The number of anilines is 1. The van der Waals surface area contributed by atoms with Gasteiger partial charge in [-0.2, -0.15) is 9.97 Å². The number of aliphatic hydroxyl groups is 1. The van der Waals surface area contributed by atoms with Crippen molar-refractivity contribution in [1.82, 2.24) is 40.3 Å². The standard InChI is InChI=1S/C54H61F2N9O4/c1-2-41-44(55)10-7-36-23-40(66)24-42(46(36)41)48-47(56)49-43(27-57-48)50(65-29-37-8-9-38(30-65)58-37)61-51(60-49)69-32-54(14-15-54)31-62-21-16-53(17-22-62)25-39(26-53)63-18-11-35(12-19-63)34-5-3-33(4-6-34)28-64-20-13-45(67)59-52(64)68/h1,3-7,10,24,27,35-39,58,66H,8-9,11-23,25-26,28-32H2,(H,59,67,68). The average molecular weight is 938 g/mol. The number of pyridine rings is 1. The van der Waals surface area contributed by atoms with Crippen LogP contribution in [-0.2, 0) is 11.3 Å². The van der Waals surface area contributed by atoms with E-state index in [0.29, 0.717) is 72.4 Å². The number of carbonyl (C=O) groups is 2. The molecule has 2 aromatic heterocycles. The van der Waals surface area contributed by atoms with Gasteiger partial charge in [0, 0.05) is 86.8 Å². The third kappa shape index (κ3) is 8.60. The Bertz CT molecular complexity index is 2720. The quantitative estimate of drug-likeness (QED) is 0.165. The number of ether oxygens (including phenoxy) is 1. The minimum atomic E-state index is -0.685. The average Bonchev–Trinajstić information content (AvgIpc) is 4.03. The molecule has 7 heterocycles. The molecule has 360 valence electrons. The number of benzene rings is 1. The van der Waals surface area contributed by atoms with E-state index in [1.165, 1.54) is 56.2 Å². The first-order valence-corrected chi connectivity index (χ1v) is 25.3. The van der Waals surface area contributed by atoms with Crippen LogP contribution in [0.4, 0.5) is 19.4 Å². The van der Waals surface area contributed by atoms with Crippen LogP contribution >= 0.6 is 0 Å². The fourth-order valence-electron chi connectivity index (χ4n) is 13.0. The summed E-state index contributed by atoms with van der Waals surface area (Å²) in [7, 11) is 0. The highest BCUT2D eigenvalue weighted by Crippen LogP contribution is 2.53. The SMILES string of the molecule is C#CC1=C(F)C=CC2CC(O)=CC(c3ncc4c(N5CC6CCC(C5)N6)nc(OCC5(CN6CCC7(CC6)CC(N6CCC(c8ccc(CN9CCC(=O)NC9=O)cc8)CC6)C7)CC5)nc4c3F)=C12. The van der Waals surface area contributed by atoms with E-state index in [4.69, 9.17) is 21.1 Å². The summed E-state index contributed by atoms with van der Waals surface area (Å²) in [6.07, 6.45) is 24.0. The molecule has 13 nitrogen and oxygen atoms in total. The van der Waals surface area contributed by atoms with Crippen LogP contribution in [0.15, 0.2) is 71.4 Å². The van der Waals surface area contributed by atoms with Crippen molar-refractivity contribution in [1.29, 1.82) is 0 Å². The molecule has 5 saturated heterocycles. The predicted octanol–water partition coefficient (Wildman–Crippen LogP) is 7.47. The van der Waals surface area contributed by atoms with Crippen molar-refractivity contribution in [2.45, 2.75) is 108 Å². The van der Waals surface area contributed by atoms with E-state index in [0.717, 1.165) is 77.1 Å². The maximum absolute atomic E-state index is 17.2. The van der Waals surface area contributed by atoms with Crippen molar-refractivity contribution in [3.05, 3.63) is 94.1 Å². The zero-order valence-electron chi connectivity index (χ0n) is 39.2. The maximum Gasteiger partial charge on any atom is 0.324 e. The molecule has 2 bridgehead atoms. The molecular weight excluding hydrogens is 877 g/mol. The van der Waals surface area contributed by atoms with Crippen molar-refractivity contribution < 1.29 is 28.2 Å². The second kappa shape index (κ2) is 17.6. The molecule has 0 radical (unpaired) electrons. The number of imide groups is 1. The number of fused-ring (bicyclic) bond motifs is 4. The first-order chi connectivity index (χ1) is 33.5. The molecule has 3 aromatic rings. The highest BCUT2D eigenvalue weighted by Gasteiger charge is 2.51. The summed E-state index contributed by atoms with van der Waals surface area (Å²) in [5, 5.41) is 17.4. The van der Waals surface area contributed by atoms with Crippen molar-refractivity contribution in [3.63, 3.8) is 0 Å². The van der Waals surface area contributed by atoms with E-state index in [2.05, 4.69) is 60.5 Å². The second-order valence-corrected chi connectivity index (χ2v) is 21.8. The third-order valence-corrected chi connectivity index (χ3v) is 17.2. The largest absolute Gasteiger partial charge is 0.512 e. The molecule has 3 N–H and O–H groups in total. The number of amides is 3. The van der Waals surface area contributed by atoms with E-state index >= 15 is 8.78 Å². The molecular formula is C54H61F2N9O4. The van der Waals surface area contributed by atoms with Gasteiger partial charge in [0.1, 0.15) is 22.9 Å². The molecule has 7 fully saturated rings. The van der Waals surface area contributed by atoms with E-state index in [-0.39, 0.29) is 57.9 Å². The molecule has 3 amide bonds. The number of piperazine rings is 1. The smallest absolute Gasteiger partial charge is 0.324 e. The number of piperidine rings is 2. The minimum Gasteiger partial charge on any atom is -0.512 e. The molecule has 15 heteroatoms. The highest BCUT2D eigenvalue weighted by atomic mass is 19.1. The Kier molecular flexibility index (Phi) is 11.4. The second-order valence-electron chi connectivity index (χ2n) is 21.8. The topological polar surface area (TPSA) is 139 Å². The molecule has 1 spiro atoms. The van der Waals surface area contributed by atoms with Crippen LogP contribution in [-0.4, -0.2) is 124 Å².